The van der Waals surface area contributed by atoms with Gasteiger partial charge in [0.05, 0.1) is 40.1 Å². The molecule has 2 aliphatic heterocycles. The van der Waals surface area contributed by atoms with Crippen LogP contribution in [0.25, 0.3) is 10.9 Å². The fraction of sp³-hybridized carbons (Fsp3) is 0.458. The maximum atomic E-state index is 13.4. The highest BCUT2D eigenvalue weighted by atomic mass is 32.2. The summed E-state index contributed by atoms with van der Waals surface area (Å²) in [6.45, 7) is 6.68. The van der Waals surface area contributed by atoms with E-state index < -0.39 is 5.25 Å². The summed E-state index contributed by atoms with van der Waals surface area (Å²) in [5.74, 6) is 1.32. The molecule has 9 heteroatoms. The monoisotopic (exact) mass is 468 g/mol. The first-order chi connectivity index (χ1) is 15.7. The predicted molar refractivity (Wildman–Crippen MR) is 131 cm³/mol. The molecule has 0 unspecified atom stereocenters. The molecule has 0 radical (unpaired) electrons. The summed E-state index contributed by atoms with van der Waals surface area (Å²) >= 11 is 1.45. The highest BCUT2D eigenvalue weighted by molar-refractivity contribution is 8.14. The average Bonchev–Trinajstić information content (AvgIpc) is 3.11. The van der Waals surface area contributed by atoms with Crippen LogP contribution in [0.5, 0.6) is 5.75 Å². The van der Waals surface area contributed by atoms with Gasteiger partial charge < -0.3 is 14.0 Å². The summed E-state index contributed by atoms with van der Waals surface area (Å²) < 4.78 is 14.7. The highest BCUT2D eigenvalue weighted by Gasteiger charge is 2.36. The fourth-order valence-electron chi connectivity index (χ4n) is 4.90. The van der Waals surface area contributed by atoms with Crippen molar-refractivity contribution in [3.8, 4) is 5.75 Å². The third-order valence-electron chi connectivity index (χ3n) is 6.53. The Morgan fingerprint density at radius 3 is 2.79 bits per heavy atom. The predicted octanol–water partition coefficient (Wildman–Crippen LogP) is 4.05. The van der Waals surface area contributed by atoms with Gasteiger partial charge in [-0.1, -0.05) is 11.8 Å². The number of aromatic nitrogens is 3. The second-order valence-electron chi connectivity index (χ2n) is 9.32. The van der Waals surface area contributed by atoms with Crippen LogP contribution < -0.4 is 15.9 Å². The zero-order valence-corrected chi connectivity index (χ0v) is 20.3. The minimum absolute atomic E-state index is 0.0809. The number of benzene rings is 1. The summed E-state index contributed by atoms with van der Waals surface area (Å²) in [6.07, 6.45) is 1.57. The first-order valence-electron chi connectivity index (χ1n) is 11.1. The Balaban J connectivity index is 1.66. The fourth-order valence-corrected chi connectivity index (χ4v) is 6.00. The summed E-state index contributed by atoms with van der Waals surface area (Å²) in [5.41, 5.74) is 1.30. The smallest absolute Gasteiger partial charge is 0.271 e. The lowest BCUT2D eigenvalue weighted by Gasteiger charge is -2.36. The topological polar surface area (TPSA) is 90.6 Å². The Hall–Kier alpha value is -2.78. The number of H-pyrrole nitrogens is 1. The third kappa shape index (κ3) is 3.73. The number of aryl methyl sites for hydroxylation is 1. The van der Waals surface area contributed by atoms with E-state index in [9.17, 15) is 9.59 Å². The molecule has 1 saturated heterocycles. The third-order valence-corrected chi connectivity index (χ3v) is 7.69. The first kappa shape index (κ1) is 22.0. The van der Waals surface area contributed by atoms with Crippen molar-refractivity contribution in [1.82, 2.24) is 14.3 Å². The molecule has 1 N–H and O–H groups in total. The summed E-state index contributed by atoms with van der Waals surface area (Å²) in [5, 5.41) is 4.34. The number of nitrogens with one attached hydrogen (secondary N) is 1. The number of nitrogens with zero attached hydrogens (tertiary/aromatic N) is 3. The summed E-state index contributed by atoms with van der Waals surface area (Å²) in [6, 6.07) is 7.64. The van der Waals surface area contributed by atoms with Crippen molar-refractivity contribution < 1.29 is 9.47 Å². The van der Waals surface area contributed by atoms with Crippen molar-refractivity contribution in [1.29, 1.82) is 0 Å². The minimum atomic E-state index is -0.430. The number of aliphatic imine (C=N–C) groups is 1. The van der Waals surface area contributed by atoms with Gasteiger partial charge in [0.15, 0.2) is 5.82 Å². The summed E-state index contributed by atoms with van der Waals surface area (Å²) in [7, 11) is 3.36. The van der Waals surface area contributed by atoms with Crippen LogP contribution in [0.4, 0.5) is 5.82 Å². The molecule has 5 rings (SSSR count). The molecule has 4 heterocycles. The maximum Gasteiger partial charge on any atom is 0.271 e. The van der Waals surface area contributed by atoms with Crippen molar-refractivity contribution in [2.45, 2.75) is 50.5 Å². The molecule has 2 atom stereocenters. The number of thioether (sulfide) groups is 1. The molecule has 2 aromatic heterocycles. The van der Waals surface area contributed by atoms with E-state index in [1.807, 2.05) is 35.9 Å². The lowest BCUT2D eigenvalue weighted by atomic mass is 9.94. The molecule has 0 bridgehead atoms. The van der Waals surface area contributed by atoms with E-state index in [0.29, 0.717) is 29.3 Å². The molecule has 0 amide bonds. The van der Waals surface area contributed by atoms with E-state index in [0.717, 1.165) is 28.8 Å². The van der Waals surface area contributed by atoms with Crippen LogP contribution in [-0.2, 0) is 11.8 Å². The van der Waals surface area contributed by atoms with Crippen molar-refractivity contribution in [3.63, 3.8) is 0 Å². The van der Waals surface area contributed by atoms with Crippen molar-refractivity contribution in [2.75, 3.05) is 13.7 Å². The molecular formula is C24H28N4O4S. The van der Waals surface area contributed by atoms with Crippen LogP contribution in [0.1, 0.15) is 56.0 Å². The molecule has 174 valence electrons. The van der Waals surface area contributed by atoms with Gasteiger partial charge in [0, 0.05) is 25.3 Å². The van der Waals surface area contributed by atoms with Crippen LogP contribution in [-0.4, -0.2) is 38.7 Å². The number of rotatable bonds is 3. The second kappa shape index (κ2) is 7.92. The number of aromatic amines is 1. The molecule has 2 aliphatic rings. The molecule has 33 heavy (non-hydrogen) atoms. The Morgan fingerprint density at radius 2 is 2.06 bits per heavy atom. The molecule has 8 nitrogen and oxygen atoms in total. The summed E-state index contributed by atoms with van der Waals surface area (Å²) in [4.78, 5) is 31.4. The van der Waals surface area contributed by atoms with Gasteiger partial charge in [-0.3, -0.25) is 19.4 Å². The van der Waals surface area contributed by atoms with Gasteiger partial charge in [0.2, 0.25) is 0 Å². The van der Waals surface area contributed by atoms with E-state index >= 15 is 0 Å². The number of pyridine rings is 1. The van der Waals surface area contributed by atoms with Gasteiger partial charge in [-0.05, 0) is 57.2 Å². The first-order valence-corrected chi connectivity index (χ1v) is 11.9. The van der Waals surface area contributed by atoms with Crippen molar-refractivity contribution in [3.05, 3.63) is 56.1 Å². The molecular weight excluding hydrogens is 440 g/mol. The van der Waals surface area contributed by atoms with Crippen LogP contribution in [0.3, 0.4) is 0 Å². The largest absolute Gasteiger partial charge is 0.497 e. The van der Waals surface area contributed by atoms with E-state index in [-0.39, 0.29) is 22.8 Å². The minimum Gasteiger partial charge on any atom is -0.497 e. The van der Waals surface area contributed by atoms with Gasteiger partial charge >= 0.3 is 0 Å². The van der Waals surface area contributed by atoms with Gasteiger partial charge in [-0.25, -0.2) is 4.99 Å². The molecule has 0 saturated carbocycles. The molecule has 3 aromatic rings. The molecule has 0 aliphatic carbocycles. The van der Waals surface area contributed by atoms with E-state index in [1.165, 1.54) is 11.8 Å². The quantitative estimate of drug-likeness (QED) is 0.626. The van der Waals surface area contributed by atoms with E-state index in [4.69, 9.17) is 14.5 Å². The van der Waals surface area contributed by atoms with Crippen molar-refractivity contribution in [2.24, 2.45) is 12.0 Å². The molecule has 1 fully saturated rings. The average molecular weight is 469 g/mol. The van der Waals surface area contributed by atoms with E-state index in [2.05, 4.69) is 18.9 Å². The number of methoxy groups -OCH3 is 1. The Kier molecular flexibility index (Phi) is 5.29. The Morgan fingerprint density at radius 1 is 1.27 bits per heavy atom. The Labute approximate surface area is 195 Å². The normalized spacial score (nSPS) is 22.2. The lowest BCUT2D eigenvalue weighted by Crippen LogP contribution is -2.35. The zero-order chi connectivity index (χ0) is 23.5. The second-order valence-corrected chi connectivity index (χ2v) is 10.6. The van der Waals surface area contributed by atoms with Crippen LogP contribution in [0, 0.1) is 0 Å². The number of hydrogen-bond acceptors (Lipinski definition) is 6. The standard InChI is InChI=1S/C24H28N4O4S/c1-13-25-21-19(22(29)26-28(21)15-8-9-32-24(2,3)12-15)20(33-13)17-10-14-6-7-16(31-5)11-18(14)27(4)23(17)30/h6-7,10-11,15,20H,8-9,12H2,1-5H3,(H,26,29)/t15-,20+/m0/s1. The number of fused-ring (bicyclic) bond motifs is 2. The SMILES string of the molecule is COc1ccc2cc([C@H]3SC(C)=Nc4c3c(=O)[nH]n4[C@H]3CCOC(C)(C)C3)c(=O)n(C)c2c1. The lowest BCUT2D eigenvalue weighted by molar-refractivity contribution is -0.0705. The zero-order valence-electron chi connectivity index (χ0n) is 19.5. The van der Waals surface area contributed by atoms with Crippen LogP contribution in [0.15, 0.2) is 38.8 Å². The highest BCUT2D eigenvalue weighted by Crippen LogP contribution is 2.45. The number of ether oxygens (including phenoxy) is 2. The van der Waals surface area contributed by atoms with Crippen molar-refractivity contribution >= 4 is 33.5 Å². The van der Waals surface area contributed by atoms with Gasteiger partial charge in [-0.15, -0.1) is 0 Å². The van der Waals surface area contributed by atoms with E-state index in [1.54, 1.807) is 18.7 Å². The Bertz CT molecular complexity index is 1400. The van der Waals surface area contributed by atoms with Crippen LogP contribution in [0.2, 0.25) is 0 Å². The molecule has 1 aromatic carbocycles. The van der Waals surface area contributed by atoms with Gasteiger partial charge in [0.1, 0.15) is 5.75 Å². The number of hydrogen-bond donors (Lipinski definition) is 1. The maximum absolute atomic E-state index is 13.4. The van der Waals surface area contributed by atoms with Gasteiger partial charge in [-0.2, -0.15) is 0 Å². The van der Waals surface area contributed by atoms with Crippen LogP contribution >= 0.6 is 11.8 Å². The van der Waals surface area contributed by atoms with Gasteiger partial charge in [0.25, 0.3) is 11.1 Å². The molecule has 0 spiro atoms.